The number of halogens is 1. The molecule has 1 aliphatic rings. The molecule has 136 valence electrons. The van der Waals surface area contributed by atoms with Gasteiger partial charge >= 0.3 is 0 Å². The zero-order chi connectivity index (χ0) is 17.4. The number of rotatable bonds is 11. The lowest BCUT2D eigenvalue weighted by atomic mass is 10.2. The molecule has 1 unspecified atom stereocenters. The topological polar surface area (TPSA) is 54.9 Å². The van der Waals surface area contributed by atoms with Gasteiger partial charge in [-0.2, -0.15) is 0 Å². The fourth-order valence-electron chi connectivity index (χ4n) is 2.91. The van der Waals surface area contributed by atoms with Gasteiger partial charge in [0.25, 0.3) is 0 Å². The SMILES string of the molecule is CCCCN(CCCC)CCCN1OC(N)=CC1c1ccc(Cl)o1. The van der Waals surface area contributed by atoms with Crippen molar-refractivity contribution < 1.29 is 9.25 Å². The monoisotopic (exact) mass is 355 g/mol. The lowest BCUT2D eigenvalue weighted by Gasteiger charge is -2.25. The van der Waals surface area contributed by atoms with Crippen molar-refractivity contribution in [2.75, 3.05) is 26.2 Å². The largest absolute Gasteiger partial charge is 0.448 e. The first kappa shape index (κ1) is 19.2. The number of hydrogen-bond donors (Lipinski definition) is 1. The Hall–Kier alpha value is -1.17. The van der Waals surface area contributed by atoms with Crippen molar-refractivity contribution in [1.29, 1.82) is 0 Å². The molecule has 1 aromatic heterocycles. The highest BCUT2D eigenvalue weighted by Crippen LogP contribution is 2.31. The number of hydroxylamine groups is 2. The average Bonchev–Trinajstić information content (AvgIpc) is 3.15. The first-order valence-electron chi connectivity index (χ1n) is 9.03. The van der Waals surface area contributed by atoms with Crippen molar-refractivity contribution in [3.8, 4) is 0 Å². The Labute approximate surface area is 150 Å². The highest BCUT2D eigenvalue weighted by Gasteiger charge is 2.29. The van der Waals surface area contributed by atoms with Gasteiger partial charge in [-0.25, -0.2) is 0 Å². The van der Waals surface area contributed by atoms with E-state index in [4.69, 9.17) is 26.6 Å². The summed E-state index contributed by atoms with van der Waals surface area (Å²) in [6.45, 7) is 8.71. The van der Waals surface area contributed by atoms with Crippen LogP contribution in [0.5, 0.6) is 0 Å². The number of nitrogens with zero attached hydrogens (tertiary/aromatic N) is 2. The van der Waals surface area contributed by atoms with Crippen LogP contribution < -0.4 is 5.73 Å². The first-order chi connectivity index (χ1) is 11.6. The number of nitrogens with two attached hydrogens (primary N) is 1. The second-order valence-corrected chi connectivity index (χ2v) is 6.66. The molecule has 0 bridgehead atoms. The molecule has 0 fully saturated rings. The van der Waals surface area contributed by atoms with Gasteiger partial charge in [0.2, 0.25) is 5.88 Å². The summed E-state index contributed by atoms with van der Waals surface area (Å²) < 4.78 is 5.51. The van der Waals surface area contributed by atoms with Gasteiger partial charge in [-0.3, -0.25) is 0 Å². The summed E-state index contributed by atoms with van der Waals surface area (Å²) in [6.07, 6.45) is 7.87. The molecular formula is C18H30ClN3O2. The molecule has 0 spiro atoms. The van der Waals surface area contributed by atoms with Crippen LogP contribution in [0.3, 0.4) is 0 Å². The Balaban J connectivity index is 1.83. The van der Waals surface area contributed by atoms with Crippen LogP contribution >= 0.6 is 11.6 Å². The van der Waals surface area contributed by atoms with E-state index in [1.165, 1.54) is 38.8 Å². The maximum Gasteiger partial charge on any atom is 0.207 e. The molecule has 0 aliphatic carbocycles. The molecule has 0 saturated heterocycles. The number of hydrogen-bond acceptors (Lipinski definition) is 5. The molecule has 2 N–H and O–H groups in total. The van der Waals surface area contributed by atoms with E-state index in [9.17, 15) is 0 Å². The van der Waals surface area contributed by atoms with Crippen LogP contribution in [0.25, 0.3) is 0 Å². The molecule has 0 radical (unpaired) electrons. The standard InChI is InChI=1S/C18H30ClN3O2/c1-3-5-10-21(11-6-4-2)12-7-13-22-15(14-18(20)24-22)16-8-9-17(19)23-16/h8-9,14-15H,3-7,10-13,20H2,1-2H3. The van der Waals surface area contributed by atoms with Crippen LogP contribution in [0.1, 0.15) is 57.8 Å². The van der Waals surface area contributed by atoms with Crippen molar-refractivity contribution in [3.05, 3.63) is 35.1 Å². The van der Waals surface area contributed by atoms with E-state index >= 15 is 0 Å². The summed E-state index contributed by atoms with van der Waals surface area (Å²) in [7, 11) is 0. The molecule has 2 heterocycles. The van der Waals surface area contributed by atoms with Crippen molar-refractivity contribution >= 4 is 11.6 Å². The molecule has 1 atom stereocenters. The van der Waals surface area contributed by atoms with E-state index in [2.05, 4.69) is 18.7 Å². The zero-order valence-electron chi connectivity index (χ0n) is 14.8. The number of furan rings is 1. The van der Waals surface area contributed by atoms with E-state index in [0.29, 0.717) is 11.1 Å². The summed E-state index contributed by atoms with van der Waals surface area (Å²) in [5, 5.41) is 2.26. The third-order valence-electron chi connectivity index (χ3n) is 4.25. The lowest BCUT2D eigenvalue weighted by molar-refractivity contribution is -0.124. The summed E-state index contributed by atoms with van der Waals surface area (Å²) in [4.78, 5) is 8.19. The molecule has 0 amide bonds. The Kier molecular flexibility index (Phi) is 7.95. The molecule has 1 aromatic rings. The van der Waals surface area contributed by atoms with Crippen LogP contribution in [0.2, 0.25) is 5.22 Å². The second-order valence-electron chi connectivity index (χ2n) is 6.29. The second kappa shape index (κ2) is 9.97. The van der Waals surface area contributed by atoms with Gasteiger partial charge in [-0.1, -0.05) is 26.7 Å². The molecule has 5 nitrogen and oxygen atoms in total. The molecular weight excluding hydrogens is 326 g/mol. The van der Waals surface area contributed by atoms with Crippen molar-refractivity contribution in [1.82, 2.24) is 9.96 Å². The van der Waals surface area contributed by atoms with Gasteiger partial charge in [0.05, 0.1) is 0 Å². The minimum Gasteiger partial charge on any atom is -0.448 e. The van der Waals surface area contributed by atoms with Crippen LogP contribution in [-0.2, 0) is 4.84 Å². The number of unbranched alkanes of at least 4 members (excludes halogenated alkanes) is 2. The summed E-state index contributed by atoms with van der Waals surface area (Å²) >= 11 is 5.88. The summed E-state index contributed by atoms with van der Waals surface area (Å²) in [6, 6.07) is 3.51. The lowest BCUT2D eigenvalue weighted by Crippen LogP contribution is -2.31. The molecule has 0 aromatic carbocycles. The van der Waals surface area contributed by atoms with E-state index in [-0.39, 0.29) is 6.04 Å². The quantitative estimate of drug-likeness (QED) is 0.640. The van der Waals surface area contributed by atoms with E-state index < -0.39 is 0 Å². The fraction of sp³-hybridized carbons (Fsp3) is 0.667. The predicted molar refractivity (Wildman–Crippen MR) is 97.4 cm³/mol. The zero-order valence-corrected chi connectivity index (χ0v) is 15.6. The van der Waals surface area contributed by atoms with Crippen molar-refractivity contribution in [2.24, 2.45) is 5.73 Å². The average molecular weight is 356 g/mol. The van der Waals surface area contributed by atoms with Crippen LogP contribution in [-0.4, -0.2) is 36.1 Å². The maximum atomic E-state index is 5.88. The third-order valence-corrected chi connectivity index (χ3v) is 4.45. The highest BCUT2D eigenvalue weighted by molar-refractivity contribution is 6.28. The molecule has 1 aliphatic heterocycles. The van der Waals surface area contributed by atoms with Gasteiger partial charge in [-0.05, 0) is 62.6 Å². The van der Waals surface area contributed by atoms with Gasteiger partial charge in [-0.15, -0.1) is 5.06 Å². The summed E-state index contributed by atoms with van der Waals surface area (Å²) in [5.41, 5.74) is 5.83. The minimum absolute atomic E-state index is 0.0998. The molecule has 24 heavy (non-hydrogen) atoms. The van der Waals surface area contributed by atoms with Gasteiger partial charge < -0.3 is 19.9 Å². The molecule has 0 saturated carbocycles. The van der Waals surface area contributed by atoms with E-state index in [1.807, 2.05) is 17.2 Å². The van der Waals surface area contributed by atoms with Crippen LogP contribution in [0.15, 0.2) is 28.5 Å². The van der Waals surface area contributed by atoms with E-state index in [0.717, 1.165) is 25.3 Å². The Bertz CT molecular complexity index is 510. The highest BCUT2D eigenvalue weighted by atomic mass is 35.5. The normalized spacial score (nSPS) is 18.2. The van der Waals surface area contributed by atoms with Crippen molar-refractivity contribution in [3.63, 3.8) is 0 Å². The van der Waals surface area contributed by atoms with Gasteiger partial charge in [0.1, 0.15) is 11.8 Å². The maximum absolute atomic E-state index is 5.88. The smallest absolute Gasteiger partial charge is 0.207 e. The Morgan fingerprint density at radius 2 is 1.79 bits per heavy atom. The third kappa shape index (κ3) is 5.72. The first-order valence-corrected chi connectivity index (χ1v) is 9.41. The van der Waals surface area contributed by atoms with Crippen molar-refractivity contribution in [2.45, 2.75) is 52.0 Å². The van der Waals surface area contributed by atoms with Crippen LogP contribution in [0, 0.1) is 0 Å². The predicted octanol–water partition coefficient (Wildman–Crippen LogP) is 4.31. The molecule has 6 heteroatoms. The van der Waals surface area contributed by atoms with Gasteiger partial charge in [0.15, 0.2) is 5.22 Å². The summed E-state index contributed by atoms with van der Waals surface area (Å²) in [5.74, 6) is 1.18. The molecule has 2 rings (SSSR count). The Morgan fingerprint density at radius 1 is 1.12 bits per heavy atom. The van der Waals surface area contributed by atoms with Gasteiger partial charge in [0, 0.05) is 12.6 Å². The Morgan fingerprint density at radius 3 is 2.38 bits per heavy atom. The minimum atomic E-state index is -0.0998. The van der Waals surface area contributed by atoms with Crippen LogP contribution in [0.4, 0.5) is 0 Å². The van der Waals surface area contributed by atoms with E-state index in [1.54, 1.807) is 6.07 Å². The fourth-order valence-corrected chi connectivity index (χ4v) is 3.06.